The highest BCUT2D eigenvalue weighted by Gasteiger charge is 2.27. The van der Waals surface area contributed by atoms with E-state index in [0.717, 1.165) is 4.48 Å². The first-order valence-electron chi connectivity index (χ1n) is 5.84. The molecule has 0 saturated carbocycles. The van der Waals surface area contributed by atoms with Crippen LogP contribution in [0, 0.1) is 13.8 Å². The molecule has 2 heterocycles. The highest BCUT2D eigenvalue weighted by molar-refractivity contribution is 6.41. The summed E-state index contributed by atoms with van der Waals surface area (Å²) in [5.74, 6) is 0.275. The molecule has 0 radical (unpaired) electrons. The van der Waals surface area contributed by atoms with E-state index in [4.69, 9.17) is 0 Å². The molecule has 1 aliphatic heterocycles. The van der Waals surface area contributed by atoms with Crippen LogP contribution in [0.3, 0.4) is 0 Å². The second kappa shape index (κ2) is 4.64. The summed E-state index contributed by atoms with van der Waals surface area (Å²) in [7, 11) is -1.04. The van der Waals surface area contributed by atoms with Crippen LogP contribution in [0.2, 0.25) is 0 Å². The van der Waals surface area contributed by atoms with E-state index in [9.17, 15) is 13.4 Å². The van der Waals surface area contributed by atoms with Gasteiger partial charge in [-0.25, -0.2) is 4.99 Å². The molecule has 0 aliphatic carbocycles. The van der Waals surface area contributed by atoms with E-state index in [1.54, 1.807) is 33.9 Å². The smallest absolute Gasteiger partial charge is 0.329 e. The van der Waals surface area contributed by atoms with Gasteiger partial charge in [0.15, 0.2) is 0 Å². The fourth-order valence-corrected chi connectivity index (χ4v) is 2.12. The molecule has 0 N–H and O–H groups in total. The van der Waals surface area contributed by atoms with Gasteiger partial charge in [-0.1, -0.05) is 0 Å². The molecule has 4 nitrogen and oxygen atoms in total. The summed E-state index contributed by atoms with van der Waals surface area (Å²) in [5, 5.41) is 0. The zero-order valence-electron chi connectivity index (χ0n) is 11.2. The Bertz CT molecular complexity index is 604. The maximum atomic E-state index is 13.0. The third-order valence-electron chi connectivity index (χ3n) is 3.23. The highest BCUT2D eigenvalue weighted by Crippen LogP contribution is 2.22. The summed E-state index contributed by atoms with van der Waals surface area (Å²) in [6.45, 7) is 5.04. The van der Waals surface area contributed by atoms with Crippen LogP contribution in [0.25, 0.3) is 6.08 Å². The van der Waals surface area contributed by atoms with Gasteiger partial charge in [-0.15, -0.1) is 0 Å². The van der Waals surface area contributed by atoms with Crippen molar-refractivity contribution in [3.05, 3.63) is 28.7 Å². The van der Waals surface area contributed by atoms with Crippen molar-refractivity contribution in [1.29, 1.82) is 0 Å². The van der Waals surface area contributed by atoms with Crippen LogP contribution in [0.15, 0.2) is 16.8 Å². The molecule has 0 spiro atoms. The van der Waals surface area contributed by atoms with Crippen molar-refractivity contribution in [2.24, 2.45) is 4.99 Å². The van der Waals surface area contributed by atoms with Crippen molar-refractivity contribution >= 4 is 25.2 Å². The maximum Gasteiger partial charge on any atom is 0.677 e. The number of carbonyl (C=O) groups is 1. The summed E-state index contributed by atoms with van der Waals surface area (Å²) >= 11 is 0. The van der Waals surface area contributed by atoms with Crippen LogP contribution < -0.4 is 0 Å². The molecule has 0 unspecified atom stereocenters. The number of aryl methyl sites for hydroxylation is 2. The number of amidine groups is 1. The third kappa shape index (κ3) is 2.20. The van der Waals surface area contributed by atoms with E-state index in [0.29, 0.717) is 22.8 Å². The minimum absolute atomic E-state index is 0.183. The van der Waals surface area contributed by atoms with Gasteiger partial charge < -0.3 is 4.48 Å². The standard InChI is InChI=1S/C12H14BF2N3O/c1-7-5-8(2)18(13(14)15)11(7)6-10-12(19)17(4)9(3)16-10/h5-6H,1-4H3/b10-6-. The van der Waals surface area contributed by atoms with Crippen LogP contribution in [0.4, 0.5) is 8.63 Å². The SMILES string of the molecule is CC1=N/C(=C\c2c(C)cc(C)n2B(F)F)C(=O)N1C. The van der Waals surface area contributed by atoms with Gasteiger partial charge in [-0.05, 0) is 38.5 Å². The van der Waals surface area contributed by atoms with Gasteiger partial charge in [-0.3, -0.25) is 18.3 Å². The fourth-order valence-electron chi connectivity index (χ4n) is 2.12. The van der Waals surface area contributed by atoms with Crippen molar-refractivity contribution in [3.8, 4) is 0 Å². The Balaban J connectivity index is 2.53. The van der Waals surface area contributed by atoms with Crippen molar-refractivity contribution in [1.82, 2.24) is 9.38 Å². The van der Waals surface area contributed by atoms with Gasteiger partial charge in [-0.2, -0.15) is 0 Å². The second-order valence-corrected chi connectivity index (χ2v) is 4.55. The highest BCUT2D eigenvalue weighted by atomic mass is 19.2. The van der Waals surface area contributed by atoms with Crippen LogP contribution in [0.5, 0.6) is 0 Å². The molecule has 1 aliphatic rings. The molecule has 0 fully saturated rings. The summed E-state index contributed by atoms with van der Waals surface area (Å²) in [6, 6.07) is 1.66. The molecular formula is C12H14BF2N3O. The van der Waals surface area contributed by atoms with Crippen molar-refractivity contribution in [2.75, 3.05) is 7.05 Å². The third-order valence-corrected chi connectivity index (χ3v) is 3.23. The number of likely N-dealkylation sites (N-methyl/N-ethyl adjacent to an activating group) is 1. The zero-order valence-corrected chi connectivity index (χ0v) is 11.2. The Kier molecular flexibility index (Phi) is 3.30. The van der Waals surface area contributed by atoms with Gasteiger partial charge in [0.2, 0.25) is 0 Å². The largest absolute Gasteiger partial charge is 0.677 e. The number of amides is 1. The first-order valence-corrected chi connectivity index (χ1v) is 5.84. The van der Waals surface area contributed by atoms with E-state index >= 15 is 0 Å². The predicted molar refractivity (Wildman–Crippen MR) is 71.1 cm³/mol. The van der Waals surface area contributed by atoms with Crippen LogP contribution >= 0.6 is 0 Å². The van der Waals surface area contributed by atoms with Gasteiger partial charge >= 0.3 is 7.40 Å². The summed E-state index contributed by atoms with van der Waals surface area (Å²) in [5.41, 5.74) is 1.66. The molecule has 1 aromatic rings. The number of nitrogens with zero attached hydrogens (tertiary/aromatic N) is 3. The molecule has 0 atom stereocenters. The molecule has 7 heteroatoms. The number of carbonyl (C=O) groups excluding carboxylic acids is 1. The Hall–Kier alpha value is -1.92. The first-order chi connectivity index (χ1) is 8.82. The lowest BCUT2D eigenvalue weighted by Gasteiger charge is -2.07. The van der Waals surface area contributed by atoms with Crippen molar-refractivity contribution < 1.29 is 13.4 Å². The Morgan fingerprint density at radius 1 is 1.32 bits per heavy atom. The Labute approximate surface area is 110 Å². The Morgan fingerprint density at radius 2 is 1.95 bits per heavy atom. The molecule has 0 aromatic carbocycles. The average molecular weight is 265 g/mol. The number of hydrogen-bond acceptors (Lipinski definition) is 2. The van der Waals surface area contributed by atoms with Crippen LogP contribution in [0.1, 0.15) is 23.9 Å². The normalized spacial score (nSPS) is 17.4. The van der Waals surface area contributed by atoms with Gasteiger partial charge in [0.1, 0.15) is 11.5 Å². The fraction of sp³-hybridized carbons (Fsp3) is 0.333. The van der Waals surface area contributed by atoms with E-state index in [1.807, 2.05) is 0 Å². The van der Waals surface area contributed by atoms with Gasteiger partial charge in [0.05, 0.1) is 0 Å². The minimum atomic E-state index is -2.64. The van der Waals surface area contributed by atoms with Gasteiger partial charge in [0, 0.05) is 18.4 Å². The van der Waals surface area contributed by atoms with Crippen LogP contribution in [-0.2, 0) is 4.79 Å². The van der Waals surface area contributed by atoms with E-state index < -0.39 is 7.40 Å². The predicted octanol–water partition coefficient (Wildman–Crippen LogP) is 2.11. The average Bonchev–Trinajstić information content (AvgIpc) is 2.72. The monoisotopic (exact) mass is 265 g/mol. The number of aromatic nitrogens is 1. The zero-order chi connectivity index (χ0) is 14.3. The topological polar surface area (TPSA) is 37.6 Å². The van der Waals surface area contributed by atoms with Crippen molar-refractivity contribution in [2.45, 2.75) is 20.8 Å². The maximum absolute atomic E-state index is 13.0. The molecule has 0 bridgehead atoms. The van der Waals surface area contributed by atoms with E-state index in [1.165, 1.54) is 11.0 Å². The lowest BCUT2D eigenvalue weighted by molar-refractivity contribution is -0.121. The summed E-state index contributed by atoms with van der Waals surface area (Å²) in [6.07, 6.45) is 1.42. The molecule has 1 aromatic heterocycles. The molecule has 100 valence electrons. The lowest BCUT2D eigenvalue weighted by atomic mass is 10.1. The summed E-state index contributed by atoms with van der Waals surface area (Å²) in [4.78, 5) is 17.4. The van der Waals surface area contributed by atoms with Crippen molar-refractivity contribution in [3.63, 3.8) is 0 Å². The first kappa shape index (κ1) is 13.5. The molecule has 1 amide bonds. The van der Waals surface area contributed by atoms with E-state index in [-0.39, 0.29) is 11.6 Å². The summed E-state index contributed by atoms with van der Waals surface area (Å²) < 4.78 is 27.0. The molecule has 0 saturated heterocycles. The van der Waals surface area contributed by atoms with Gasteiger partial charge in [0.25, 0.3) is 5.91 Å². The number of hydrogen-bond donors (Lipinski definition) is 0. The number of rotatable bonds is 2. The minimum Gasteiger partial charge on any atom is -0.329 e. The molecule has 2 rings (SSSR count). The second-order valence-electron chi connectivity index (χ2n) is 4.55. The van der Waals surface area contributed by atoms with E-state index in [2.05, 4.69) is 4.99 Å². The number of halogens is 2. The number of aliphatic imine (C=N–C) groups is 1. The Morgan fingerprint density at radius 3 is 2.42 bits per heavy atom. The molecular weight excluding hydrogens is 251 g/mol. The van der Waals surface area contributed by atoms with Crippen LogP contribution in [-0.4, -0.2) is 35.6 Å². The molecule has 19 heavy (non-hydrogen) atoms. The lowest BCUT2D eigenvalue weighted by Crippen LogP contribution is -2.25. The quantitative estimate of drug-likeness (QED) is 0.596.